The average molecular weight is 614 g/mol. The summed E-state index contributed by atoms with van der Waals surface area (Å²) in [7, 11) is 2.14. The molecule has 4 N–H and O–H groups in total. The maximum absolute atomic E-state index is 11.1. The Morgan fingerprint density at radius 1 is 0.558 bits per heavy atom. The van der Waals surface area contributed by atoms with Gasteiger partial charge in [0.1, 0.15) is 0 Å². The van der Waals surface area contributed by atoms with E-state index in [1.54, 1.807) is 0 Å². The van der Waals surface area contributed by atoms with E-state index in [2.05, 4.69) is 42.9 Å². The zero-order valence-electron chi connectivity index (χ0n) is 29.8. The first-order chi connectivity index (χ1) is 20.8. The highest BCUT2D eigenvalue weighted by atomic mass is 16.3. The van der Waals surface area contributed by atoms with Gasteiger partial charge in [-0.15, -0.1) is 0 Å². The van der Waals surface area contributed by atoms with Gasteiger partial charge in [0.05, 0.1) is 18.3 Å². The fraction of sp³-hybridized carbons (Fsp3) is 1.00. The minimum absolute atomic E-state index is 0.271. The van der Waals surface area contributed by atoms with Gasteiger partial charge in [-0.2, -0.15) is 0 Å². The standard InChI is InChI=1S/C37H79N3O3/c1-6-9-11-13-15-17-18-20-22-24-26-36(42)32-40(30-29-39(5)28-27-38-31-35(41)8-3)33-37(43)34(4)25-23-21-19-16-14-12-10-7-2/h34-38,41-43H,6-33H2,1-5H3. The molecule has 4 atom stereocenters. The van der Waals surface area contributed by atoms with Gasteiger partial charge in [0, 0.05) is 45.8 Å². The van der Waals surface area contributed by atoms with Gasteiger partial charge >= 0.3 is 0 Å². The van der Waals surface area contributed by atoms with Crippen molar-refractivity contribution in [2.24, 2.45) is 5.92 Å². The molecular formula is C37H79N3O3. The second-order valence-corrected chi connectivity index (χ2v) is 13.8. The van der Waals surface area contributed by atoms with Crippen LogP contribution in [0.5, 0.6) is 0 Å². The molecule has 6 heteroatoms. The number of likely N-dealkylation sites (N-methyl/N-ethyl adjacent to an activating group) is 1. The van der Waals surface area contributed by atoms with Crippen LogP contribution >= 0.6 is 0 Å². The van der Waals surface area contributed by atoms with Gasteiger partial charge < -0.3 is 25.5 Å². The summed E-state index contributed by atoms with van der Waals surface area (Å²) < 4.78 is 0. The largest absolute Gasteiger partial charge is 0.392 e. The van der Waals surface area contributed by atoms with Crippen LogP contribution in [0.1, 0.15) is 163 Å². The number of rotatable bonds is 34. The smallest absolute Gasteiger partial charge is 0.0692 e. The molecular weight excluding hydrogens is 534 g/mol. The number of unbranched alkanes of at least 4 members (excludes halogenated alkanes) is 16. The first-order valence-electron chi connectivity index (χ1n) is 19.0. The van der Waals surface area contributed by atoms with Gasteiger partial charge in [-0.3, -0.25) is 4.90 Å². The SMILES string of the molecule is CCCCCCCCCCCCC(O)CN(CCN(C)CCNCC(O)CC)CC(O)C(C)CCCCCCCCCC. The number of aliphatic hydroxyl groups is 3. The second kappa shape index (κ2) is 31.7. The Labute approximate surface area is 269 Å². The summed E-state index contributed by atoms with van der Waals surface area (Å²) in [5, 5.41) is 35.1. The molecule has 0 saturated carbocycles. The van der Waals surface area contributed by atoms with Crippen LogP contribution in [0, 0.1) is 5.92 Å². The Morgan fingerprint density at radius 3 is 1.56 bits per heavy atom. The predicted octanol–water partition coefficient (Wildman–Crippen LogP) is 7.78. The van der Waals surface area contributed by atoms with Crippen molar-refractivity contribution >= 4 is 0 Å². The molecule has 0 aromatic rings. The Balaban J connectivity index is 4.50. The minimum Gasteiger partial charge on any atom is -0.392 e. The van der Waals surface area contributed by atoms with E-state index in [4.69, 9.17) is 0 Å². The molecule has 0 aliphatic heterocycles. The number of nitrogens with zero attached hydrogens (tertiary/aromatic N) is 2. The van der Waals surface area contributed by atoms with E-state index in [0.29, 0.717) is 19.6 Å². The Bertz CT molecular complexity index is 553. The lowest BCUT2D eigenvalue weighted by atomic mass is 9.96. The molecule has 0 aromatic heterocycles. The quantitative estimate of drug-likeness (QED) is 0.0555. The number of aliphatic hydroxyl groups excluding tert-OH is 3. The summed E-state index contributed by atoms with van der Waals surface area (Å²) in [5.41, 5.74) is 0. The van der Waals surface area contributed by atoms with E-state index in [0.717, 1.165) is 51.9 Å². The van der Waals surface area contributed by atoms with E-state index in [9.17, 15) is 15.3 Å². The van der Waals surface area contributed by atoms with Crippen molar-refractivity contribution in [3.63, 3.8) is 0 Å². The highest BCUT2D eigenvalue weighted by Gasteiger charge is 2.20. The molecule has 0 aliphatic rings. The lowest BCUT2D eigenvalue weighted by Crippen LogP contribution is -2.44. The predicted molar refractivity (Wildman–Crippen MR) is 188 cm³/mol. The van der Waals surface area contributed by atoms with Crippen molar-refractivity contribution in [3.05, 3.63) is 0 Å². The highest BCUT2D eigenvalue weighted by Crippen LogP contribution is 2.17. The van der Waals surface area contributed by atoms with Crippen molar-refractivity contribution in [3.8, 4) is 0 Å². The third kappa shape index (κ3) is 28.9. The lowest BCUT2D eigenvalue weighted by molar-refractivity contribution is 0.0364. The van der Waals surface area contributed by atoms with Gasteiger partial charge in [0.25, 0.3) is 0 Å². The summed E-state index contributed by atoms with van der Waals surface area (Å²) in [5.74, 6) is 0.286. The summed E-state index contributed by atoms with van der Waals surface area (Å²) in [4.78, 5) is 4.61. The van der Waals surface area contributed by atoms with E-state index in [1.165, 1.54) is 109 Å². The van der Waals surface area contributed by atoms with Crippen LogP contribution in [-0.4, -0.2) is 96.3 Å². The molecule has 6 nitrogen and oxygen atoms in total. The molecule has 260 valence electrons. The molecule has 0 fully saturated rings. The second-order valence-electron chi connectivity index (χ2n) is 13.8. The van der Waals surface area contributed by atoms with Crippen LogP contribution in [0.2, 0.25) is 0 Å². The van der Waals surface area contributed by atoms with Gasteiger partial charge in [-0.05, 0) is 32.2 Å². The first-order valence-corrected chi connectivity index (χ1v) is 19.0. The molecule has 0 bridgehead atoms. The molecule has 0 amide bonds. The van der Waals surface area contributed by atoms with E-state index >= 15 is 0 Å². The molecule has 0 heterocycles. The number of hydrogen-bond donors (Lipinski definition) is 4. The van der Waals surface area contributed by atoms with Gasteiger partial charge in [-0.25, -0.2) is 0 Å². The zero-order chi connectivity index (χ0) is 32.0. The monoisotopic (exact) mass is 614 g/mol. The van der Waals surface area contributed by atoms with E-state index in [-0.39, 0.29) is 24.2 Å². The van der Waals surface area contributed by atoms with Crippen LogP contribution in [0.15, 0.2) is 0 Å². The fourth-order valence-electron chi connectivity index (χ4n) is 5.86. The third-order valence-electron chi connectivity index (χ3n) is 9.29. The maximum atomic E-state index is 11.1. The summed E-state index contributed by atoms with van der Waals surface area (Å²) in [6.07, 6.45) is 25.5. The normalized spacial score (nSPS) is 14.9. The molecule has 0 aromatic carbocycles. The maximum Gasteiger partial charge on any atom is 0.0692 e. The lowest BCUT2D eigenvalue weighted by Gasteiger charge is -2.31. The van der Waals surface area contributed by atoms with Crippen LogP contribution in [-0.2, 0) is 0 Å². The summed E-state index contributed by atoms with van der Waals surface area (Å²) in [6, 6.07) is 0. The van der Waals surface area contributed by atoms with Crippen LogP contribution in [0.3, 0.4) is 0 Å². The van der Waals surface area contributed by atoms with E-state index < -0.39 is 0 Å². The minimum atomic E-state index is -0.350. The molecule has 0 radical (unpaired) electrons. The molecule has 0 saturated heterocycles. The Kier molecular flexibility index (Phi) is 31.6. The third-order valence-corrected chi connectivity index (χ3v) is 9.29. The fourth-order valence-corrected chi connectivity index (χ4v) is 5.86. The van der Waals surface area contributed by atoms with Crippen LogP contribution in [0.4, 0.5) is 0 Å². The van der Waals surface area contributed by atoms with E-state index in [1.807, 2.05) is 6.92 Å². The molecule has 43 heavy (non-hydrogen) atoms. The van der Waals surface area contributed by atoms with Gasteiger partial charge in [0.15, 0.2) is 0 Å². The van der Waals surface area contributed by atoms with Crippen molar-refractivity contribution < 1.29 is 15.3 Å². The van der Waals surface area contributed by atoms with Crippen molar-refractivity contribution in [2.75, 3.05) is 52.9 Å². The van der Waals surface area contributed by atoms with Gasteiger partial charge in [-0.1, -0.05) is 143 Å². The first kappa shape index (κ1) is 42.8. The number of nitrogens with one attached hydrogen (secondary N) is 1. The van der Waals surface area contributed by atoms with Crippen molar-refractivity contribution in [1.29, 1.82) is 0 Å². The summed E-state index contributed by atoms with van der Waals surface area (Å²) >= 11 is 0. The molecule has 0 spiro atoms. The number of hydrogen-bond acceptors (Lipinski definition) is 6. The van der Waals surface area contributed by atoms with Crippen molar-refractivity contribution in [1.82, 2.24) is 15.1 Å². The van der Waals surface area contributed by atoms with Crippen LogP contribution < -0.4 is 5.32 Å². The highest BCUT2D eigenvalue weighted by molar-refractivity contribution is 4.74. The average Bonchev–Trinajstić information content (AvgIpc) is 2.99. The van der Waals surface area contributed by atoms with Crippen LogP contribution in [0.25, 0.3) is 0 Å². The molecule has 4 unspecified atom stereocenters. The zero-order valence-corrected chi connectivity index (χ0v) is 29.8. The Hall–Kier alpha value is -0.240. The molecule has 0 rings (SSSR count). The molecule has 0 aliphatic carbocycles. The topological polar surface area (TPSA) is 79.2 Å². The summed E-state index contributed by atoms with van der Waals surface area (Å²) in [6.45, 7) is 14.2. The Morgan fingerprint density at radius 2 is 1.05 bits per heavy atom. The van der Waals surface area contributed by atoms with Crippen molar-refractivity contribution in [2.45, 2.75) is 181 Å². The van der Waals surface area contributed by atoms with Gasteiger partial charge in [0.2, 0.25) is 0 Å².